The van der Waals surface area contributed by atoms with E-state index in [1.54, 1.807) is 5.56 Å². The highest BCUT2D eigenvalue weighted by Crippen LogP contribution is 2.33. The van der Waals surface area contributed by atoms with Crippen LogP contribution in [-0.4, -0.2) is 0 Å². The molecule has 4 rings (SSSR count). The van der Waals surface area contributed by atoms with Gasteiger partial charge in [-0.1, -0.05) is 112 Å². The molecule has 0 aliphatic heterocycles. The summed E-state index contributed by atoms with van der Waals surface area (Å²) < 4.78 is 0. The third kappa shape index (κ3) is 5.98. The zero-order valence-corrected chi connectivity index (χ0v) is 23.0. The maximum absolute atomic E-state index is 2.40. The highest BCUT2D eigenvalue weighted by atomic mass is 14.2. The second-order valence-electron chi connectivity index (χ2n) is 10.9. The first kappa shape index (κ1) is 26.0. The van der Waals surface area contributed by atoms with Crippen molar-refractivity contribution >= 4 is 0 Å². The van der Waals surface area contributed by atoms with Crippen LogP contribution in [0.2, 0.25) is 0 Å². The molecule has 0 N–H and O–H groups in total. The molecule has 0 aliphatic rings. The number of hydrogen-bond donors (Lipinski definition) is 0. The molecule has 4 aromatic carbocycles. The predicted molar refractivity (Wildman–Crippen MR) is 156 cm³/mol. The smallest absolute Gasteiger partial charge is 0.0147 e. The third-order valence-corrected chi connectivity index (χ3v) is 8.09. The lowest BCUT2D eigenvalue weighted by Gasteiger charge is -2.24. The van der Waals surface area contributed by atoms with Crippen molar-refractivity contribution in [3.8, 4) is 0 Å². The molecule has 0 heterocycles. The third-order valence-electron chi connectivity index (χ3n) is 8.09. The maximum atomic E-state index is 2.40. The number of hydrogen-bond acceptors (Lipinski definition) is 0. The second-order valence-corrected chi connectivity index (χ2v) is 10.9. The molecule has 0 aromatic heterocycles. The van der Waals surface area contributed by atoms with Crippen LogP contribution in [0.3, 0.4) is 0 Å². The Morgan fingerprint density at radius 1 is 0.417 bits per heavy atom. The molecule has 0 spiro atoms. The van der Waals surface area contributed by atoms with Gasteiger partial charge in [-0.2, -0.15) is 0 Å². The number of rotatable bonds is 9. The van der Waals surface area contributed by atoms with Crippen molar-refractivity contribution in [3.63, 3.8) is 0 Å². The molecule has 0 nitrogen and oxygen atoms in total. The fourth-order valence-corrected chi connectivity index (χ4v) is 6.05. The minimum Gasteiger partial charge on any atom is -0.0620 e. The van der Waals surface area contributed by atoms with Crippen LogP contribution in [0.15, 0.2) is 91.0 Å². The van der Waals surface area contributed by atoms with Crippen molar-refractivity contribution in [2.75, 3.05) is 0 Å². The number of benzene rings is 4. The molecule has 3 atom stereocenters. The van der Waals surface area contributed by atoms with Gasteiger partial charge in [0.15, 0.2) is 0 Å². The van der Waals surface area contributed by atoms with Gasteiger partial charge >= 0.3 is 0 Å². The largest absolute Gasteiger partial charge is 0.0620 e. The second kappa shape index (κ2) is 11.7. The lowest BCUT2D eigenvalue weighted by Crippen LogP contribution is -2.11. The molecule has 186 valence electrons. The summed E-state index contributed by atoms with van der Waals surface area (Å²) in [5.74, 6) is 1.46. The van der Waals surface area contributed by atoms with E-state index in [4.69, 9.17) is 0 Å². The van der Waals surface area contributed by atoms with Crippen LogP contribution >= 0.6 is 0 Å². The summed E-state index contributed by atoms with van der Waals surface area (Å²) in [5.41, 5.74) is 13.2. The average Bonchev–Trinajstić information content (AvgIpc) is 2.86. The zero-order valence-electron chi connectivity index (χ0n) is 23.0. The van der Waals surface area contributed by atoms with Gasteiger partial charge in [-0.3, -0.25) is 0 Å². The van der Waals surface area contributed by atoms with Crippen LogP contribution in [0, 0.1) is 20.8 Å². The first-order valence-electron chi connectivity index (χ1n) is 13.6. The summed E-state index contributed by atoms with van der Waals surface area (Å²) in [6.07, 6.45) is 3.23. The Hall–Kier alpha value is -3.12. The Balaban J connectivity index is 1.70. The van der Waals surface area contributed by atoms with Gasteiger partial charge in [0, 0.05) is 0 Å². The standard InChI is InChI=1S/C36H42/c1-25-14-7-10-19-33(25)28(4)22-31-17-13-18-32(23-29(5)34-20-11-8-15-26(34)2)36(31)24-30(6)35-21-12-9-16-27(35)3/h7-21,28-30H,22-24H2,1-6H3. The van der Waals surface area contributed by atoms with Gasteiger partial charge in [0.05, 0.1) is 0 Å². The van der Waals surface area contributed by atoms with Gasteiger partial charge < -0.3 is 0 Å². The summed E-state index contributed by atoms with van der Waals surface area (Å²) in [7, 11) is 0. The minimum absolute atomic E-state index is 0.480. The van der Waals surface area contributed by atoms with Crippen molar-refractivity contribution in [1.29, 1.82) is 0 Å². The molecule has 0 heteroatoms. The average molecular weight is 475 g/mol. The fraction of sp³-hybridized carbons (Fsp3) is 0.333. The van der Waals surface area contributed by atoms with Crippen LogP contribution in [0.25, 0.3) is 0 Å². The van der Waals surface area contributed by atoms with Gasteiger partial charge in [0.1, 0.15) is 0 Å². The van der Waals surface area contributed by atoms with E-state index in [2.05, 4.69) is 133 Å². The Morgan fingerprint density at radius 3 is 1.11 bits per heavy atom. The van der Waals surface area contributed by atoms with Crippen molar-refractivity contribution in [2.45, 2.75) is 78.6 Å². The summed E-state index contributed by atoms with van der Waals surface area (Å²) >= 11 is 0. The molecule has 4 aromatic rings. The predicted octanol–water partition coefficient (Wildman–Crippen LogP) is 9.65. The van der Waals surface area contributed by atoms with E-state index in [0.29, 0.717) is 17.8 Å². The topological polar surface area (TPSA) is 0 Å². The van der Waals surface area contributed by atoms with Crippen molar-refractivity contribution in [3.05, 3.63) is 141 Å². The van der Waals surface area contributed by atoms with Crippen LogP contribution in [-0.2, 0) is 19.3 Å². The molecule has 36 heavy (non-hydrogen) atoms. The fourth-order valence-electron chi connectivity index (χ4n) is 6.05. The quantitative estimate of drug-likeness (QED) is 0.226. The molecule has 3 unspecified atom stereocenters. The molecule has 0 saturated heterocycles. The summed E-state index contributed by atoms with van der Waals surface area (Å²) in [4.78, 5) is 0. The minimum atomic E-state index is 0.480. The molecule has 0 radical (unpaired) electrons. The maximum Gasteiger partial charge on any atom is -0.0147 e. The van der Waals surface area contributed by atoms with E-state index in [0.717, 1.165) is 19.3 Å². The van der Waals surface area contributed by atoms with Gasteiger partial charge in [0.2, 0.25) is 0 Å². The lowest BCUT2D eigenvalue weighted by atomic mass is 9.81. The molecular formula is C36H42. The van der Waals surface area contributed by atoms with Crippen LogP contribution in [0.4, 0.5) is 0 Å². The van der Waals surface area contributed by atoms with Crippen molar-refractivity contribution in [1.82, 2.24) is 0 Å². The van der Waals surface area contributed by atoms with E-state index in [-0.39, 0.29) is 0 Å². The van der Waals surface area contributed by atoms with Crippen molar-refractivity contribution < 1.29 is 0 Å². The van der Waals surface area contributed by atoms with Gasteiger partial charge in [-0.15, -0.1) is 0 Å². The molecule has 0 amide bonds. The molecule has 0 aliphatic carbocycles. The van der Waals surface area contributed by atoms with E-state index in [1.807, 2.05) is 0 Å². The summed E-state index contributed by atoms with van der Waals surface area (Å²) in [6.45, 7) is 13.9. The molecule has 0 bridgehead atoms. The summed E-state index contributed by atoms with van der Waals surface area (Å²) in [6, 6.07) is 33.7. The first-order valence-corrected chi connectivity index (χ1v) is 13.6. The Kier molecular flexibility index (Phi) is 8.47. The van der Waals surface area contributed by atoms with E-state index in [9.17, 15) is 0 Å². The Labute approximate surface area is 219 Å². The van der Waals surface area contributed by atoms with Crippen molar-refractivity contribution in [2.24, 2.45) is 0 Å². The van der Waals surface area contributed by atoms with Gasteiger partial charge in [0.25, 0.3) is 0 Å². The van der Waals surface area contributed by atoms with Crippen LogP contribution in [0.5, 0.6) is 0 Å². The highest BCUT2D eigenvalue weighted by Gasteiger charge is 2.19. The summed E-state index contributed by atoms with van der Waals surface area (Å²) in [5, 5.41) is 0. The Morgan fingerprint density at radius 2 is 0.750 bits per heavy atom. The molecular weight excluding hydrogens is 432 g/mol. The van der Waals surface area contributed by atoms with Crippen LogP contribution < -0.4 is 0 Å². The normalized spacial score (nSPS) is 13.8. The molecule has 0 fully saturated rings. The van der Waals surface area contributed by atoms with E-state index < -0.39 is 0 Å². The highest BCUT2D eigenvalue weighted by molar-refractivity contribution is 5.42. The molecule has 0 saturated carbocycles. The Bertz CT molecular complexity index is 1220. The van der Waals surface area contributed by atoms with Gasteiger partial charge in [-0.25, -0.2) is 0 Å². The lowest BCUT2D eigenvalue weighted by molar-refractivity contribution is 0.691. The van der Waals surface area contributed by atoms with E-state index >= 15 is 0 Å². The first-order chi connectivity index (χ1) is 17.3. The van der Waals surface area contributed by atoms with Gasteiger partial charge in [-0.05, 0) is 108 Å². The van der Waals surface area contributed by atoms with E-state index in [1.165, 1.54) is 44.5 Å². The zero-order chi connectivity index (χ0) is 25.7. The monoisotopic (exact) mass is 474 g/mol. The number of aryl methyl sites for hydroxylation is 3. The SMILES string of the molecule is Cc1ccccc1C(C)Cc1cccc(CC(C)c2ccccc2C)c1CC(C)c1ccccc1C. The van der Waals surface area contributed by atoms with Crippen LogP contribution in [0.1, 0.15) is 88.6 Å².